The molecule has 1 amide bonds. The SMILES string of the molecule is Cc1ccc(C(C)C)cc1N(C)C(=O)C1CC(N)C1. The first kappa shape index (κ1) is 14.1. The largest absolute Gasteiger partial charge is 0.328 e. The minimum atomic E-state index is 0.113. The number of benzene rings is 1. The highest BCUT2D eigenvalue weighted by atomic mass is 16.2. The van der Waals surface area contributed by atoms with E-state index in [0.29, 0.717) is 5.92 Å². The summed E-state index contributed by atoms with van der Waals surface area (Å²) in [5.74, 6) is 0.785. The minimum absolute atomic E-state index is 0.113. The van der Waals surface area contributed by atoms with Crippen LogP contribution < -0.4 is 10.6 Å². The Kier molecular flexibility index (Phi) is 3.95. The number of nitrogens with two attached hydrogens (primary N) is 1. The van der Waals surface area contributed by atoms with Crippen molar-refractivity contribution >= 4 is 11.6 Å². The molecular formula is C16H24N2O. The van der Waals surface area contributed by atoms with Crippen LogP contribution >= 0.6 is 0 Å². The summed E-state index contributed by atoms with van der Waals surface area (Å²) < 4.78 is 0. The lowest BCUT2D eigenvalue weighted by molar-refractivity contribution is -0.124. The molecule has 0 aliphatic heterocycles. The molecule has 0 atom stereocenters. The predicted molar refractivity (Wildman–Crippen MR) is 79.4 cm³/mol. The summed E-state index contributed by atoms with van der Waals surface area (Å²) in [5.41, 5.74) is 9.20. The highest BCUT2D eigenvalue weighted by Crippen LogP contribution is 2.31. The van der Waals surface area contributed by atoms with Crippen molar-refractivity contribution in [3.8, 4) is 0 Å². The number of rotatable bonds is 3. The molecule has 0 radical (unpaired) electrons. The molecule has 1 aliphatic rings. The van der Waals surface area contributed by atoms with Crippen LogP contribution in [-0.4, -0.2) is 19.0 Å². The van der Waals surface area contributed by atoms with E-state index in [1.54, 1.807) is 4.90 Å². The predicted octanol–water partition coefficient (Wildman–Crippen LogP) is 2.82. The Labute approximate surface area is 115 Å². The molecule has 0 spiro atoms. The van der Waals surface area contributed by atoms with E-state index in [0.717, 1.165) is 24.1 Å². The van der Waals surface area contributed by atoms with Gasteiger partial charge >= 0.3 is 0 Å². The molecule has 3 heteroatoms. The molecular weight excluding hydrogens is 236 g/mol. The standard InChI is InChI=1S/C16H24N2O/c1-10(2)12-6-5-11(3)15(9-12)18(4)16(19)13-7-14(17)8-13/h5-6,9-10,13-14H,7-8,17H2,1-4H3. The van der Waals surface area contributed by atoms with Crippen molar-refractivity contribution in [1.29, 1.82) is 0 Å². The molecule has 2 N–H and O–H groups in total. The van der Waals surface area contributed by atoms with E-state index in [1.165, 1.54) is 5.56 Å². The molecule has 1 aromatic rings. The van der Waals surface area contributed by atoms with Crippen LogP contribution in [0.2, 0.25) is 0 Å². The molecule has 1 fully saturated rings. The summed E-state index contributed by atoms with van der Waals surface area (Å²) in [7, 11) is 1.87. The maximum absolute atomic E-state index is 12.4. The Hall–Kier alpha value is -1.35. The zero-order valence-electron chi connectivity index (χ0n) is 12.3. The first-order valence-corrected chi connectivity index (χ1v) is 7.03. The lowest BCUT2D eigenvalue weighted by Gasteiger charge is -2.34. The number of aryl methyl sites for hydroxylation is 1. The van der Waals surface area contributed by atoms with Crippen LogP contribution in [0.15, 0.2) is 18.2 Å². The van der Waals surface area contributed by atoms with Crippen molar-refractivity contribution < 1.29 is 4.79 Å². The topological polar surface area (TPSA) is 46.3 Å². The molecule has 104 valence electrons. The quantitative estimate of drug-likeness (QED) is 0.908. The van der Waals surface area contributed by atoms with Gasteiger partial charge in [0.1, 0.15) is 0 Å². The number of anilines is 1. The van der Waals surface area contributed by atoms with Gasteiger partial charge in [-0.3, -0.25) is 4.79 Å². The lowest BCUT2D eigenvalue weighted by atomic mass is 9.80. The Balaban J connectivity index is 2.20. The maximum atomic E-state index is 12.4. The number of carbonyl (C=O) groups excluding carboxylic acids is 1. The van der Waals surface area contributed by atoms with Gasteiger partial charge in [0, 0.05) is 24.7 Å². The van der Waals surface area contributed by atoms with E-state index < -0.39 is 0 Å². The van der Waals surface area contributed by atoms with Gasteiger partial charge in [-0.25, -0.2) is 0 Å². The van der Waals surface area contributed by atoms with Crippen LogP contribution in [0.4, 0.5) is 5.69 Å². The van der Waals surface area contributed by atoms with E-state index in [2.05, 4.69) is 39.0 Å². The van der Waals surface area contributed by atoms with Gasteiger partial charge in [0.15, 0.2) is 0 Å². The summed E-state index contributed by atoms with van der Waals surface area (Å²) >= 11 is 0. The number of carbonyl (C=O) groups is 1. The first-order chi connectivity index (χ1) is 8.90. The third-order valence-electron chi connectivity index (χ3n) is 4.12. The number of amides is 1. The molecule has 1 saturated carbocycles. The number of hydrogen-bond acceptors (Lipinski definition) is 2. The van der Waals surface area contributed by atoms with Gasteiger partial charge in [0.2, 0.25) is 5.91 Å². The van der Waals surface area contributed by atoms with Gasteiger partial charge < -0.3 is 10.6 Å². The van der Waals surface area contributed by atoms with Gasteiger partial charge in [0.25, 0.3) is 0 Å². The smallest absolute Gasteiger partial charge is 0.229 e. The van der Waals surface area contributed by atoms with Crippen molar-refractivity contribution in [1.82, 2.24) is 0 Å². The molecule has 0 unspecified atom stereocenters. The van der Waals surface area contributed by atoms with E-state index in [-0.39, 0.29) is 17.9 Å². The fourth-order valence-electron chi connectivity index (χ4n) is 2.60. The Morgan fingerprint density at radius 3 is 2.53 bits per heavy atom. The van der Waals surface area contributed by atoms with Crippen molar-refractivity contribution in [3.63, 3.8) is 0 Å². The molecule has 0 aromatic heterocycles. The van der Waals surface area contributed by atoms with Gasteiger partial charge in [-0.15, -0.1) is 0 Å². The molecule has 0 saturated heterocycles. The monoisotopic (exact) mass is 260 g/mol. The summed E-state index contributed by atoms with van der Waals surface area (Å²) in [4.78, 5) is 14.2. The highest BCUT2D eigenvalue weighted by molar-refractivity contribution is 5.95. The average molecular weight is 260 g/mol. The van der Waals surface area contributed by atoms with Crippen molar-refractivity contribution in [2.24, 2.45) is 11.7 Å². The second-order valence-electron chi connectivity index (χ2n) is 6.03. The summed E-state index contributed by atoms with van der Waals surface area (Å²) in [6.45, 7) is 6.39. The molecule has 0 heterocycles. The van der Waals surface area contributed by atoms with Crippen molar-refractivity contribution in [3.05, 3.63) is 29.3 Å². The second kappa shape index (κ2) is 5.33. The fourth-order valence-corrected chi connectivity index (χ4v) is 2.60. The number of nitrogens with zero attached hydrogens (tertiary/aromatic N) is 1. The average Bonchev–Trinajstić information content (AvgIpc) is 2.33. The third-order valence-corrected chi connectivity index (χ3v) is 4.12. The number of hydrogen-bond donors (Lipinski definition) is 1. The summed E-state index contributed by atoms with van der Waals surface area (Å²) in [5, 5.41) is 0. The molecule has 1 aliphatic carbocycles. The molecule has 2 rings (SSSR count). The van der Waals surface area contributed by atoms with Gasteiger partial charge in [-0.05, 0) is 42.9 Å². The third kappa shape index (κ3) is 2.81. The first-order valence-electron chi connectivity index (χ1n) is 7.03. The molecule has 0 bridgehead atoms. The lowest BCUT2D eigenvalue weighted by Crippen LogP contribution is -2.45. The second-order valence-corrected chi connectivity index (χ2v) is 6.03. The van der Waals surface area contributed by atoms with Crippen LogP contribution in [0.25, 0.3) is 0 Å². The summed E-state index contributed by atoms with van der Waals surface area (Å²) in [6.07, 6.45) is 1.65. The molecule has 3 nitrogen and oxygen atoms in total. The van der Waals surface area contributed by atoms with Crippen molar-refractivity contribution in [2.75, 3.05) is 11.9 Å². The van der Waals surface area contributed by atoms with Gasteiger partial charge in [0.05, 0.1) is 0 Å². The van der Waals surface area contributed by atoms with E-state index in [1.807, 2.05) is 7.05 Å². The van der Waals surface area contributed by atoms with Gasteiger partial charge in [-0.1, -0.05) is 26.0 Å². The molecule has 19 heavy (non-hydrogen) atoms. The zero-order chi connectivity index (χ0) is 14.2. The normalized spacial score (nSPS) is 22.2. The highest BCUT2D eigenvalue weighted by Gasteiger charge is 2.34. The Morgan fingerprint density at radius 1 is 1.37 bits per heavy atom. The van der Waals surface area contributed by atoms with E-state index >= 15 is 0 Å². The summed E-state index contributed by atoms with van der Waals surface area (Å²) in [6, 6.07) is 6.59. The van der Waals surface area contributed by atoms with Crippen LogP contribution in [0.3, 0.4) is 0 Å². The van der Waals surface area contributed by atoms with E-state index in [9.17, 15) is 4.79 Å². The molecule has 1 aromatic carbocycles. The van der Waals surface area contributed by atoms with E-state index in [4.69, 9.17) is 5.73 Å². The maximum Gasteiger partial charge on any atom is 0.229 e. The van der Waals surface area contributed by atoms with Crippen LogP contribution in [-0.2, 0) is 4.79 Å². The van der Waals surface area contributed by atoms with Crippen LogP contribution in [0, 0.1) is 12.8 Å². The van der Waals surface area contributed by atoms with Crippen LogP contribution in [0.1, 0.15) is 43.7 Å². The fraction of sp³-hybridized carbons (Fsp3) is 0.562. The Bertz CT molecular complexity index is 476. The van der Waals surface area contributed by atoms with Crippen molar-refractivity contribution in [2.45, 2.75) is 45.6 Å². The van der Waals surface area contributed by atoms with Gasteiger partial charge in [-0.2, -0.15) is 0 Å². The van der Waals surface area contributed by atoms with Crippen LogP contribution in [0.5, 0.6) is 0 Å². The zero-order valence-corrected chi connectivity index (χ0v) is 12.3. The minimum Gasteiger partial charge on any atom is -0.328 e. The Morgan fingerprint density at radius 2 is 2.00 bits per heavy atom.